The lowest BCUT2D eigenvalue weighted by Crippen LogP contribution is -2.36. The molecule has 0 unspecified atom stereocenters. The third-order valence-corrected chi connectivity index (χ3v) is 3.44. The fraction of sp³-hybridized carbons (Fsp3) is 0.263. The Hall–Kier alpha value is -2.86. The van der Waals surface area contributed by atoms with Gasteiger partial charge in [0, 0.05) is 6.54 Å². The van der Waals surface area contributed by atoms with Crippen LogP contribution in [0.3, 0.4) is 0 Å². The van der Waals surface area contributed by atoms with Gasteiger partial charge in [-0.05, 0) is 16.7 Å². The Morgan fingerprint density at radius 1 is 0.880 bits per heavy atom. The summed E-state index contributed by atoms with van der Waals surface area (Å²) in [5, 5.41) is 5.07. The van der Waals surface area contributed by atoms with Gasteiger partial charge < -0.3 is 20.1 Å². The van der Waals surface area contributed by atoms with Crippen LogP contribution < -0.4 is 10.6 Å². The van der Waals surface area contributed by atoms with Crippen LogP contribution in [0.15, 0.2) is 54.6 Å². The van der Waals surface area contributed by atoms with Gasteiger partial charge in [-0.3, -0.25) is 4.79 Å². The monoisotopic (exact) mass is 342 g/mol. The lowest BCUT2D eigenvalue weighted by atomic mass is 10.1. The number of alkyl carbamates (subject to hydrolysis) is 1. The Morgan fingerprint density at radius 2 is 1.56 bits per heavy atom. The first-order chi connectivity index (χ1) is 12.2. The second kappa shape index (κ2) is 10.1. The molecule has 0 heterocycles. The van der Waals surface area contributed by atoms with Gasteiger partial charge in [0.25, 0.3) is 0 Å². The molecule has 0 saturated carbocycles. The van der Waals surface area contributed by atoms with E-state index >= 15 is 0 Å². The highest BCUT2D eigenvalue weighted by Crippen LogP contribution is 2.09. The number of amides is 2. The summed E-state index contributed by atoms with van der Waals surface area (Å²) in [6.07, 6.45) is -0.632. The zero-order chi connectivity index (χ0) is 17.9. The van der Waals surface area contributed by atoms with Crippen LogP contribution in [0, 0.1) is 0 Å². The average molecular weight is 342 g/mol. The molecule has 0 saturated heterocycles. The van der Waals surface area contributed by atoms with Gasteiger partial charge in [-0.1, -0.05) is 54.6 Å². The summed E-state index contributed by atoms with van der Waals surface area (Å²) >= 11 is 0. The number of benzene rings is 2. The standard InChI is InChI=1S/C19H22N2O4/c1-24-19(23)21-12-18(22)20-11-16-8-5-9-17(10-16)14-25-13-15-6-3-2-4-7-15/h2-10H,11-14H2,1H3,(H,20,22)(H,21,23). The van der Waals surface area contributed by atoms with Gasteiger partial charge in [0.2, 0.25) is 5.91 Å². The lowest BCUT2D eigenvalue weighted by Gasteiger charge is -2.09. The minimum atomic E-state index is -0.632. The van der Waals surface area contributed by atoms with E-state index in [1.807, 2.05) is 54.6 Å². The van der Waals surface area contributed by atoms with Crippen LogP contribution >= 0.6 is 0 Å². The third kappa shape index (κ3) is 7.05. The Balaban J connectivity index is 1.74. The number of hydrogen-bond acceptors (Lipinski definition) is 4. The molecule has 2 rings (SSSR count). The van der Waals surface area contributed by atoms with Crippen LogP contribution in [0.2, 0.25) is 0 Å². The van der Waals surface area contributed by atoms with Crippen LogP contribution in [0.25, 0.3) is 0 Å². The molecule has 0 aliphatic heterocycles. The Bertz CT molecular complexity index is 689. The normalized spacial score (nSPS) is 10.1. The summed E-state index contributed by atoms with van der Waals surface area (Å²) in [5.74, 6) is -0.281. The molecule has 0 aromatic heterocycles. The van der Waals surface area contributed by atoms with E-state index in [4.69, 9.17) is 4.74 Å². The Kier molecular flexibility index (Phi) is 7.46. The molecule has 25 heavy (non-hydrogen) atoms. The maximum absolute atomic E-state index is 11.6. The quantitative estimate of drug-likeness (QED) is 0.772. The SMILES string of the molecule is COC(=O)NCC(=O)NCc1cccc(COCc2ccccc2)c1. The molecular weight excluding hydrogens is 320 g/mol. The number of rotatable bonds is 8. The molecule has 132 valence electrons. The van der Waals surface area contributed by atoms with E-state index in [2.05, 4.69) is 15.4 Å². The topological polar surface area (TPSA) is 76.7 Å². The van der Waals surface area contributed by atoms with Gasteiger partial charge >= 0.3 is 6.09 Å². The fourth-order valence-corrected chi connectivity index (χ4v) is 2.18. The van der Waals surface area contributed by atoms with E-state index < -0.39 is 6.09 Å². The predicted octanol–water partition coefficient (Wildman–Crippen LogP) is 2.38. The van der Waals surface area contributed by atoms with Crippen LogP contribution in [-0.4, -0.2) is 25.7 Å². The molecule has 0 aliphatic carbocycles. The molecule has 2 aromatic rings. The van der Waals surface area contributed by atoms with Crippen LogP contribution in [0.1, 0.15) is 16.7 Å². The van der Waals surface area contributed by atoms with Crippen molar-refractivity contribution in [1.29, 1.82) is 0 Å². The molecule has 0 bridgehead atoms. The summed E-state index contributed by atoms with van der Waals surface area (Å²) in [7, 11) is 1.25. The van der Waals surface area contributed by atoms with Crippen molar-refractivity contribution >= 4 is 12.0 Å². The van der Waals surface area contributed by atoms with Crippen molar-refractivity contribution < 1.29 is 19.1 Å². The van der Waals surface area contributed by atoms with Crippen molar-refractivity contribution in [3.8, 4) is 0 Å². The Labute approximate surface area is 147 Å². The van der Waals surface area contributed by atoms with Crippen molar-refractivity contribution in [2.75, 3.05) is 13.7 Å². The first-order valence-corrected chi connectivity index (χ1v) is 7.95. The number of hydrogen-bond donors (Lipinski definition) is 2. The van der Waals surface area contributed by atoms with Crippen molar-refractivity contribution in [2.24, 2.45) is 0 Å². The van der Waals surface area contributed by atoms with Gasteiger partial charge in [0.15, 0.2) is 0 Å². The maximum Gasteiger partial charge on any atom is 0.407 e. The van der Waals surface area contributed by atoms with E-state index in [9.17, 15) is 9.59 Å². The van der Waals surface area contributed by atoms with Gasteiger partial charge in [-0.2, -0.15) is 0 Å². The highest BCUT2D eigenvalue weighted by molar-refractivity contribution is 5.81. The van der Waals surface area contributed by atoms with E-state index in [0.29, 0.717) is 19.8 Å². The summed E-state index contributed by atoms with van der Waals surface area (Å²) in [5.41, 5.74) is 3.13. The highest BCUT2D eigenvalue weighted by Gasteiger charge is 2.05. The van der Waals surface area contributed by atoms with Gasteiger partial charge in [-0.15, -0.1) is 0 Å². The van der Waals surface area contributed by atoms with Crippen molar-refractivity contribution in [3.05, 3.63) is 71.3 Å². The lowest BCUT2D eigenvalue weighted by molar-refractivity contribution is -0.120. The van der Waals surface area contributed by atoms with E-state index in [1.54, 1.807) is 0 Å². The van der Waals surface area contributed by atoms with Crippen LogP contribution in [-0.2, 0) is 34.0 Å². The predicted molar refractivity (Wildman–Crippen MR) is 93.6 cm³/mol. The second-order valence-electron chi connectivity index (χ2n) is 5.42. The van der Waals surface area contributed by atoms with E-state index in [0.717, 1.165) is 16.7 Å². The van der Waals surface area contributed by atoms with Crippen molar-refractivity contribution in [3.63, 3.8) is 0 Å². The summed E-state index contributed by atoms with van der Waals surface area (Å²) in [6.45, 7) is 1.32. The first-order valence-electron chi connectivity index (χ1n) is 7.95. The molecule has 0 fully saturated rings. The number of carbonyl (C=O) groups is 2. The minimum Gasteiger partial charge on any atom is -0.453 e. The smallest absolute Gasteiger partial charge is 0.407 e. The van der Waals surface area contributed by atoms with Crippen LogP contribution in [0.5, 0.6) is 0 Å². The second-order valence-corrected chi connectivity index (χ2v) is 5.42. The molecular formula is C19H22N2O4. The molecule has 6 nitrogen and oxygen atoms in total. The zero-order valence-electron chi connectivity index (χ0n) is 14.2. The summed E-state index contributed by atoms with van der Waals surface area (Å²) in [4.78, 5) is 22.6. The largest absolute Gasteiger partial charge is 0.453 e. The summed E-state index contributed by atoms with van der Waals surface area (Å²) in [6, 6.07) is 17.8. The minimum absolute atomic E-state index is 0.119. The highest BCUT2D eigenvalue weighted by atomic mass is 16.5. The number of carbonyl (C=O) groups excluding carboxylic acids is 2. The van der Waals surface area contributed by atoms with E-state index in [1.165, 1.54) is 7.11 Å². The average Bonchev–Trinajstić information content (AvgIpc) is 2.65. The number of methoxy groups -OCH3 is 1. The first kappa shape index (κ1) is 18.5. The van der Waals surface area contributed by atoms with E-state index in [-0.39, 0.29) is 12.5 Å². The van der Waals surface area contributed by atoms with Gasteiger partial charge in [-0.25, -0.2) is 4.79 Å². The number of ether oxygens (including phenoxy) is 2. The molecule has 0 aliphatic rings. The van der Waals surface area contributed by atoms with Crippen molar-refractivity contribution in [2.45, 2.75) is 19.8 Å². The fourth-order valence-electron chi connectivity index (χ4n) is 2.18. The summed E-state index contributed by atoms with van der Waals surface area (Å²) < 4.78 is 10.1. The molecule has 2 N–H and O–H groups in total. The Morgan fingerprint density at radius 3 is 2.32 bits per heavy atom. The third-order valence-electron chi connectivity index (χ3n) is 3.44. The molecule has 0 radical (unpaired) electrons. The van der Waals surface area contributed by atoms with Crippen molar-refractivity contribution in [1.82, 2.24) is 10.6 Å². The molecule has 6 heteroatoms. The molecule has 2 amide bonds. The zero-order valence-corrected chi connectivity index (χ0v) is 14.2. The maximum atomic E-state index is 11.6. The van der Waals surface area contributed by atoms with Gasteiger partial charge in [0.1, 0.15) is 6.54 Å². The number of nitrogens with one attached hydrogen (secondary N) is 2. The molecule has 2 aromatic carbocycles. The molecule has 0 atom stereocenters. The molecule has 0 spiro atoms. The van der Waals surface area contributed by atoms with Crippen LogP contribution in [0.4, 0.5) is 4.79 Å². The van der Waals surface area contributed by atoms with Gasteiger partial charge in [0.05, 0.1) is 20.3 Å².